The Morgan fingerprint density at radius 2 is 1.89 bits per heavy atom. The maximum absolute atomic E-state index is 13.3. The second-order valence-corrected chi connectivity index (χ2v) is 7.52. The van der Waals surface area contributed by atoms with Gasteiger partial charge < -0.3 is 15.3 Å². The first-order valence-electron chi connectivity index (χ1n) is 8.55. The molecule has 8 heteroatoms. The monoisotopic (exact) mass is 441 g/mol. The number of nitrogens with zero attached hydrogens (tertiary/aromatic N) is 2. The fourth-order valence-corrected chi connectivity index (χ4v) is 3.75. The van der Waals surface area contributed by atoms with Gasteiger partial charge in [0.2, 0.25) is 0 Å². The number of urea groups is 1. The third kappa shape index (κ3) is 2.95. The van der Waals surface area contributed by atoms with Crippen LogP contribution in [0.25, 0.3) is 0 Å². The van der Waals surface area contributed by atoms with Gasteiger partial charge in [-0.3, -0.25) is 9.69 Å². The number of amides is 3. The summed E-state index contributed by atoms with van der Waals surface area (Å²) in [7, 11) is 1.62. The van der Waals surface area contributed by atoms with Crippen LogP contribution in [-0.2, 0) is 4.79 Å². The Morgan fingerprint density at radius 3 is 2.57 bits per heavy atom. The van der Waals surface area contributed by atoms with E-state index in [9.17, 15) is 19.5 Å². The van der Waals surface area contributed by atoms with E-state index in [1.54, 1.807) is 19.2 Å². The zero-order valence-corrected chi connectivity index (χ0v) is 16.4. The molecule has 0 spiro atoms. The molecule has 4 rings (SSSR count). The molecule has 2 aromatic rings. The number of aromatic carboxylic acids is 1. The van der Waals surface area contributed by atoms with Crippen LogP contribution in [0.5, 0.6) is 0 Å². The Bertz CT molecular complexity index is 1030. The smallest absolute Gasteiger partial charge is 0.335 e. The van der Waals surface area contributed by atoms with Gasteiger partial charge in [-0.05, 0) is 35.9 Å². The van der Waals surface area contributed by atoms with Crippen LogP contribution in [0.4, 0.5) is 10.5 Å². The Morgan fingerprint density at radius 1 is 1.18 bits per heavy atom. The van der Waals surface area contributed by atoms with Gasteiger partial charge in [-0.15, -0.1) is 0 Å². The van der Waals surface area contributed by atoms with Gasteiger partial charge in [-0.1, -0.05) is 34.1 Å². The number of nitrogens with one attached hydrogen (secondary N) is 1. The number of carboxylic acid groups (broad SMARTS) is 1. The Kier molecular flexibility index (Phi) is 4.43. The third-order valence-electron chi connectivity index (χ3n) is 4.97. The summed E-state index contributed by atoms with van der Waals surface area (Å²) in [6.45, 7) is 0.203. The van der Waals surface area contributed by atoms with Crippen LogP contribution in [0.2, 0.25) is 0 Å². The largest absolute Gasteiger partial charge is 0.478 e. The zero-order valence-electron chi connectivity index (χ0n) is 14.8. The van der Waals surface area contributed by atoms with Crippen LogP contribution in [0, 0.1) is 0 Å². The molecule has 1 atom stereocenters. The summed E-state index contributed by atoms with van der Waals surface area (Å²) >= 11 is 3.39. The van der Waals surface area contributed by atoms with E-state index < -0.39 is 12.0 Å². The van der Waals surface area contributed by atoms with Crippen molar-refractivity contribution < 1.29 is 19.5 Å². The molecule has 0 saturated carbocycles. The summed E-state index contributed by atoms with van der Waals surface area (Å²) < 4.78 is 0.898. The van der Waals surface area contributed by atoms with Crippen molar-refractivity contribution in [3.05, 3.63) is 75.4 Å². The van der Waals surface area contributed by atoms with E-state index in [1.807, 2.05) is 24.3 Å². The molecule has 0 unspecified atom stereocenters. The number of benzene rings is 2. The molecule has 7 nitrogen and oxygen atoms in total. The van der Waals surface area contributed by atoms with Gasteiger partial charge >= 0.3 is 12.0 Å². The minimum atomic E-state index is -1.06. The number of hydrogen-bond acceptors (Lipinski definition) is 3. The van der Waals surface area contributed by atoms with E-state index in [4.69, 9.17) is 0 Å². The summed E-state index contributed by atoms with van der Waals surface area (Å²) in [5.41, 5.74) is 2.48. The number of carbonyl (C=O) groups excluding carboxylic acids is 2. The van der Waals surface area contributed by atoms with Crippen LogP contribution in [-0.4, -0.2) is 41.5 Å². The standard InChI is InChI=1S/C20H16BrN3O4/c1-23-15-10-24(14-4-2-3-12(9-14)19(26)27)18(25)16(15)17(22-20(23)28)11-5-7-13(21)8-6-11/h2-9,17H,10H2,1H3,(H,22,28)(H,26,27)/t17-/m0/s1. The van der Waals surface area contributed by atoms with E-state index >= 15 is 0 Å². The lowest BCUT2D eigenvalue weighted by Crippen LogP contribution is -2.45. The Hall–Kier alpha value is -3.13. The van der Waals surface area contributed by atoms with Crippen molar-refractivity contribution in [2.45, 2.75) is 6.04 Å². The number of likely N-dealkylation sites (N-methyl/N-ethyl adjacent to an activating group) is 1. The van der Waals surface area contributed by atoms with E-state index in [2.05, 4.69) is 21.2 Å². The van der Waals surface area contributed by atoms with E-state index in [-0.39, 0.29) is 24.0 Å². The van der Waals surface area contributed by atoms with Gasteiger partial charge in [-0.2, -0.15) is 0 Å². The van der Waals surface area contributed by atoms with Gasteiger partial charge in [0.05, 0.1) is 29.4 Å². The second-order valence-electron chi connectivity index (χ2n) is 6.60. The number of hydrogen-bond donors (Lipinski definition) is 2. The van der Waals surface area contributed by atoms with Gasteiger partial charge in [0, 0.05) is 17.2 Å². The molecule has 2 aromatic carbocycles. The van der Waals surface area contributed by atoms with Crippen LogP contribution < -0.4 is 10.2 Å². The summed E-state index contributed by atoms with van der Waals surface area (Å²) in [4.78, 5) is 39.9. The number of carboxylic acids is 1. The Labute approximate surface area is 169 Å². The van der Waals surface area contributed by atoms with Crippen LogP contribution in [0.3, 0.4) is 0 Å². The highest BCUT2D eigenvalue weighted by Gasteiger charge is 2.43. The molecule has 142 valence electrons. The number of carbonyl (C=O) groups is 3. The molecule has 0 aliphatic carbocycles. The summed E-state index contributed by atoms with van der Waals surface area (Å²) in [6, 6.07) is 12.8. The molecule has 28 heavy (non-hydrogen) atoms. The van der Waals surface area contributed by atoms with Gasteiger partial charge in [0.1, 0.15) is 0 Å². The molecule has 0 saturated heterocycles. The zero-order chi connectivity index (χ0) is 20.0. The average molecular weight is 442 g/mol. The fourth-order valence-electron chi connectivity index (χ4n) is 3.49. The molecule has 2 N–H and O–H groups in total. The lowest BCUT2D eigenvalue weighted by atomic mass is 9.96. The van der Waals surface area contributed by atoms with Crippen molar-refractivity contribution in [3.63, 3.8) is 0 Å². The number of halogens is 1. The van der Waals surface area contributed by atoms with Crippen molar-refractivity contribution in [2.75, 3.05) is 18.5 Å². The molecule has 0 aromatic heterocycles. The molecule has 3 amide bonds. The predicted molar refractivity (Wildman–Crippen MR) is 106 cm³/mol. The molecular weight excluding hydrogens is 426 g/mol. The van der Waals surface area contributed by atoms with Crippen molar-refractivity contribution in [1.29, 1.82) is 0 Å². The first-order chi connectivity index (χ1) is 13.4. The van der Waals surface area contributed by atoms with Crippen molar-refractivity contribution in [2.24, 2.45) is 0 Å². The lowest BCUT2D eigenvalue weighted by molar-refractivity contribution is -0.114. The van der Waals surface area contributed by atoms with Gasteiger partial charge in [-0.25, -0.2) is 9.59 Å². The molecule has 2 aliphatic rings. The van der Waals surface area contributed by atoms with E-state index in [1.165, 1.54) is 21.9 Å². The van der Waals surface area contributed by atoms with Gasteiger partial charge in [0.15, 0.2) is 0 Å². The second kappa shape index (κ2) is 6.79. The number of rotatable bonds is 3. The highest BCUT2D eigenvalue weighted by Crippen LogP contribution is 2.37. The van der Waals surface area contributed by atoms with Crippen LogP contribution >= 0.6 is 15.9 Å². The molecule has 0 radical (unpaired) electrons. The fraction of sp³-hybridized carbons (Fsp3) is 0.150. The number of anilines is 1. The Balaban J connectivity index is 1.75. The average Bonchev–Trinajstić information content (AvgIpc) is 3.03. The van der Waals surface area contributed by atoms with Crippen molar-refractivity contribution >= 4 is 39.5 Å². The summed E-state index contributed by atoms with van der Waals surface area (Å²) in [6.07, 6.45) is 0. The molecular formula is C20H16BrN3O4. The van der Waals surface area contributed by atoms with Crippen LogP contribution in [0.1, 0.15) is 22.0 Å². The summed E-state index contributed by atoms with van der Waals surface area (Å²) in [5.74, 6) is -1.31. The van der Waals surface area contributed by atoms with E-state index in [0.717, 1.165) is 10.0 Å². The topological polar surface area (TPSA) is 90.0 Å². The maximum atomic E-state index is 13.3. The van der Waals surface area contributed by atoms with Crippen LogP contribution in [0.15, 0.2) is 64.3 Å². The quantitative estimate of drug-likeness (QED) is 0.765. The highest BCUT2D eigenvalue weighted by molar-refractivity contribution is 9.10. The summed E-state index contributed by atoms with van der Waals surface area (Å²) in [5, 5.41) is 12.1. The first kappa shape index (κ1) is 18.2. The SMILES string of the molecule is CN1C(=O)N[C@@H](c2ccc(Br)cc2)C2=C1CN(c1cccc(C(=O)O)c1)C2=O. The van der Waals surface area contributed by atoms with E-state index in [0.29, 0.717) is 17.0 Å². The normalized spacial score (nSPS) is 19.0. The maximum Gasteiger partial charge on any atom is 0.335 e. The minimum Gasteiger partial charge on any atom is -0.478 e. The predicted octanol–water partition coefficient (Wildman–Crippen LogP) is 3.14. The highest BCUT2D eigenvalue weighted by atomic mass is 79.9. The lowest BCUT2D eigenvalue weighted by Gasteiger charge is -2.31. The van der Waals surface area contributed by atoms with Gasteiger partial charge in [0.25, 0.3) is 5.91 Å². The molecule has 0 fully saturated rings. The molecule has 0 bridgehead atoms. The first-order valence-corrected chi connectivity index (χ1v) is 9.34. The molecule has 2 heterocycles. The van der Waals surface area contributed by atoms with Crippen molar-refractivity contribution in [1.82, 2.24) is 10.2 Å². The minimum absolute atomic E-state index is 0.0992. The van der Waals surface area contributed by atoms with Crippen molar-refractivity contribution in [3.8, 4) is 0 Å². The molecule has 2 aliphatic heterocycles. The third-order valence-corrected chi connectivity index (χ3v) is 5.50.